The van der Waals surface area contributed by atoms with E-state index in [1.54, 1.807) is 31.6 Å². The Bertz CT molecular complexity index is 678. The van der Waals surface area contributed by atoms with Gasteiger partial charge in [0.25, 0.3) is 0 Å². The molecule has 1 aliphatic rings. The molecule has 0 saturated heterocycles. The second-order valence-electron chi connectivity index (χ2n) is 5.14. The van der Waals surface area contributed by atoms with Crippen LogP contribution >= 0.6 is 12.4 Å². The van der Waals surface area contributed by atoms with E-state index in [1.807, 2.05) is 0 Å². The third-order valence-electron chi connectivity index (χ3n) is 3.85. The number of imidazole rings is 1. The second kappa shape index (κ2) is 7.19. The van der Waals surface area contributed by atoms with Gasteiger partial charge in [-0.1, -0.05) is 0 Å². The Labute approximate surface area is 135 Å². The van der Waals surface area contributed by atoms with E-state index in [4.69, 9.17) is 14.7 Å². The lowest BCUT2D eigenvalue weighted by Crippen LogP contribution is -2.17. The van der Waals surface area contributed by atoms with E-state index in [9.17, 15) is 0 Å². The molecular weight excluding hydrogens is 302 g/mol. The molecule has 6 heteroatoms. The van der Waals surface area contributed by atoms with E-state index in [-0.39, 0.29) is 12.4 Å². The van der Waals surface area contributed by atoms with Crippen LogP contribution in [0.5, 0.6) is 11.5 Å². The molecule has 5 nitrogen and oxygen atoms in total. The first kappa shape index (κ1) is 16.2. The highest BCUT2D eigenvalue weighted by Gasteiger charge is 2.23. The molecule has 1 heterocycles. The Kier molecular flexibility index (Phi) is 5.29. The lowest BCUT2D eigenvalue weighted by atomic mass is 9.90. The van der Waals surface area contributed by atoms with Gasteiger partial charge in [-0.05, 0) is 31.4 Å². The number of benzene rings is 1. The first-order valence-corrected chi connectivity index (χ1v) is 7.05. The van der Waals surface area contributed by atoms with Crippen LogP contribution in [0.25, 0.3) is 0 Å². The van der Waals surface area contributed by atoms with Gasteiger partial charge in [-0.25, -0.2) is 4.98 Å². The van der Waals surface area contributed by atoms with Crippen LogP contribution in [0.2, 0.25) is 0 Å². The number of hydrogen-bond donors (Lipinski definition) is 1. The molecule has 1 aliphatic carbocycles. The van der Waals surface area contributed by atoms with Crippen molar-refractivity contribution < 1.29 is 9.47 Å². The summed E-state index contributed by atoms with van der Waals surface area (Å²) in [6, 6.07) is 7.30. The lowest BCUT2D eigenvalue weighted by molar-refractivity contribution is 0.258. The zero-order chi connectivity index (χ0) is 14.7. The van der Waals surface area contributed by atoms with Crippen molar-refractivity contribution in [1.82, 2.24) is 9.97 Å². The number of aromatic nitrogens is 2. The zero-order valence-corrected chi connectivity index (χ0v) is 13.2. The monoisotopic (exact) mass is 319 g/mol. The van der Waals surface area contributed by atoms with Gasteiger partial charge in [0.05, 0.1) is 37.4 Å². The summed E-state index contributed by atoms with van der Waals surface area (Å²) in [4.78, 5) is 7.61. The van der Waals surface area contributed by atoms with Gasteiger partial charge in [-0.2, -0.15) is 5.26 Å². The van der Waals surface area contributed by atoms with E-state index in [0.29, 0.717) is 29.6 Å². The minimum Gasteiger partial charge on any atom is -0.493 e. The third kappa shape index (κ3) is 3.18. The molecule has 1 unspecified atom stereocenters. The highest BCUT2D eigenvalue weighted by Crippen LogP contribution is 2.32. The number of fused-ring (bicyclic) bond motifs is 1. The number of rotatable bonds is 4. The molecule has 0 radical (unpaired) electrons. The molecular formula is C16H18ClN3O2. The second-order valence-corrected chi connectivity index (χ2v) is 5.14. The van der Waals surface area contributed by atoms with E-state index in [0.717, 1.165) is 25.0 Å². The standard InChI is InChI=1S/C16H17N3O2.ClH/c1-20-15-7-11(8-17)5-6-14(15)21-9-12-3-2-4-13-16(12)19-10-18-13;/h5-7,10,12H,2-4,9H2,1H3,(H,18,19);1H. The fourth-order valence-electron chi connectivity index (χ4n) is 2.75. The number of ether oxygens (including phenoxy) is 2. The maximum Gasteiger partial charge on any atom is 0.162 e. The fraction of sp³-hybridized carbons (Fsp3) is 0.375. The van der Waals surface area contributed by atoms with Crippen molar-refractivity contribution in [1.29, 1.82) is 5.26 Å². The van der Waals surface area contributed by atoms with Crippen LogP contribution in [0.4, 0.5) is 0 Å². The van der Waals surface area contributed by atoms with Crippen molar-refractivity contribution in [2.45, 2.75) is 25.2 Å². The molecule has 1 aromatic carbocycles. The van der Waals surface area contributed by atoms with E-state index >= 15 is 0 Å². The highest BCUT2D eigenvalue weighted by atomic mass is 35.5. The van der Waals surface area contributed by atoms with Crippen molar-refractivity contribution in [3.05, 3.63) is 41.5 Å². The van der Waals surface area contributed by atoms with Crippen LogP contribution < -0.4 is 9.47 Å². The van der Waals surface area contributed by atoms with Crippen LogP contribution in [0.1, 0.15) is 35.7 Å². The average molecular weight is 320 g/mol. The molecule has 1 N–H and O–H groups in total. The van der Waals surface area contributed by atoms with Crippen LogP contribution in [0, 0.1) is 11.3 Å². The third-order valence-corrected chi connectivity index (χ3v) is 3.85. The molecule has 1 atom stereocenters. The normalized spacial score (nSPS) is 16.1. The number of nitrogens with one attached hydrogen (secondary N) is 1. The minimum atomic E-state index is 0. The van der Waals surface area contributed by atoms with Crippen molar-refractivity contribution in [3.8, 4) is 17.6 Å². The van der Waals surface area contributed by atoms with Gasteiger partial charge in [0.15, 0.2) is 11.5 Å². The molecule has 2 aromatic rings. The summed E-state index contributed by atoms with van der Waals surface area (Å²) < 4.78 is 11.2. The van der Waals surface area contributed by atoms with Gasteiger partial charge in [-0.15, -0.1) is 12.4 Å². The molecule has 0 fully saturated rings. The number of nitriles is 1. The molecule has 3 rings (SSSR count). The number of hydrogen-bond acceptors (Lipinski definition) is 4. The summed E-state index contributed by atoms with van der Waals surface area (Å²) in [7, 11) is 1.58. The summed E-state index contributed by atoms with van der Waals surface area (Å²) in [6.07, 6.45) is 5.04. The van der Waals surface area contributed by atoms with Crippen molar-refractivity contribution in [2.24, 2.45) is 0 Å². The van der Waals surface area contributed by atoms with Gasteiger partial charge < -0.3 is 14.5 Å². The van der Waals surface area contributed by atoms with Gasteiger partial charge in [0.2, 0.25) is 0 Å². The fourth-order valence-corrected chi connectivity index (χ4v) is 2.75. The molecule has 0 saturated carbocycles. The number of H-pyrrole nitrogens is 1. The Hall–Kier alpha value is -2.19. The first-order chi connectivity index (χ1) is 10.3. The maximum absolute atomic E-state index is 8.91. The number of aromatic amines is 1. The minimum absolute atomic E-state index is 0. The largest absolute Gasteiger partial charge is 0.493 e. The summed E-state index contributed by atoms with van der Waals surface area (Å²) in [5.74, 6) is 1.56. The highest BCUT2D eigenvalue weighted by molar-refractivity contribution is 5.85. The Morgan fingerprint density at radius 2 is 2.27 bits per heavy atom. The Morgan fingerprint density at radius 3 is 3.05 bits per heavy atom. The van der Waals surface area contributed by atoms with Gasteiger partial charge >= 0.3 is 0 Å². The van der Waals surface area contributed by atoms with Crippen molar-refractivity contribution in [2.75, 3.05) is 13.7 Å². The van der Waals surface area contributed by atoms with Crippen LogP contribution in [0.15, 0.2) is 24.5 Å². The first-order valence-electron chi connectivity index (χ1n) is 7.05. The van der Waals surface area contributed by atoms with Crippen LogP contribution in [0.3, 0.4) is 0 Å². The Morgan fingerprint density at radius 1 is 1.41 bits per heavy atom. The average Bonchev–Trinajstić information content (AvgIpc) is 3.01. The number of halogens is 1. The smallest absolute Gasteiger partial charge is 0.162 e. The molecule has 0 aliphatic heterocycles. The molecule has 0 spiro atoms. The SMILES string of the molecule is COc1cc(C#N)ccc1OCC1CCCc2[nH]cnc21.Cl. The molecule has 22 heavy (non-hydrogen) atoms. The number of nitrogens with zero attached hydrogens (tertiary/aromatic N) is 2. The number of aryl methyl sites for hydroxylation is 1. The molecule has 116 valence electrons. The number of methoxy groups -OCH3 is 1. The molecule has 1 aromatic heterocycles. The Balaban J connectivity index is 0.00000176. The van der Waals surface area contributed by atoms with Crippen LogP contribution in [-0.2, 0) is 6.42 Å². The maximum atomic E-state index is 8.91. The van der Waals surface area contributed by atoms with E-state index < -0.39 is 0 Å². The van der Waals surface area contributed by atoms with Crippen molar-refractivity contribution >= 4 is 12.4 Å². The summed E-state index contributed by atoms with van der Waals surface area (Å²) in [5, 5.41) is 8.91. The zero-order valence-electron chi connectivity index (χ0n) is 12.3. The van der Waals surface area contributed by atoms with E-state index in [2.05, 4.69) is 16.0 Å². The quantitative estimate of drug-likeness (QED) is 0.939. The van der Waals surface area contributed by atoms with Crippen molar-refractivity contribution in [3.63, 3.8) is 0 Å². The topological polar surface area (TPSA) is 70.9 Å². The van der Waals surface area contributed by atoms with Gasteiger partial charge in [0.1, 0.15) is 0 Å². The van der Waals surface area contributed by atoms with Gasteiger partial charge in [-0.3, -0.25) is 0 Å². The summed E-state index contributed by atoms with van der Waals surface area (Å²) in [5.41, 5.74) is 2.90. The predicted octanol–water partition coefficient (Wildman–Crippen LogP) is 3.21. The van der Waals surface area contributed by atoms with E-state index in [1.165, 1.54) is 5.69 Å². The predicted molar refractivity (Wildman–Crippen MR) is 84.7 cm³/mol. The summed E-state index contributed by atoms with van der Waals surface area (Å²) >= 11 is 0. The molecule has 0 bridgehead atoms. The van der Waals surface area contributed by atoms with Crippen LogP contribution in [-0.4, -0.2) is 23.7 Å². The lowest BCUT2D eigenvalue weighted by Gasteiger charge is -2.22. The van der Waals surface area contributed by atoms with Gasteiger partial charge in [0, 0.05) is 17.7 Å². The summed E-state index contributed by atoms with van der Waals surface area (Å²) in [6.45, 7) is 0.570. The molecule has 0 amide bonds.